The molecule has 96 valence electrons. The van der Waals surface area contributed by atoms with E-state index in [1.165, 1.54) is 5.56 Å². The lowest BCUT2D eigenvalue weighted by Crippen LogP contribution is -2.53. The lowest BCUT2D eigenvalue weighted by atomic mass is 9.78. The van der Waals surface area contributed by atoms with E-state index in [-0.39, 0.29) is 17.9 Å². The van der Waals surface area contributed by atoms with E-state index in [9.17, 15) is 4.79 Å². The lowest BCUT2D eigenvalue weighted by molar-refractivity contribution is -0.149. The zero-order valence-corrected chi connectivity index (χ0v) is 11.0. The summed E-state index contributed by atoms with van der Waals surface area (Å²) in [6.07, 6.45) is 0. The first-order valence-electron chi connectivity index (χ1n) is 6.73. The molecule has 0 unspecified atom stereocenters. The minimum Gasteiger partial charge on any atom is -0.334 e. The second-order valence-electron chi connectivity index (χ2n) is 4.87. The third-order valence-electron chi connectivity index (χ3n) is 3.84. The fraction of sp³-hybridized carbons (Fsp3) is 0.235. The molecule has 0 spiro atoms. The first-order valence-corrected chi connectivity index (χ1v) is 6.73. The molecule has 0 aliphatic carbocycles. The summed E-state index contributed by atoms with van der Waals surface area (Å²) >= 11 is 0. The Kier molecular flexibility index (Phi) is 3.08. The Hall–Kier alpha value is -2.09. The molecule has 2 heteroatoms. The number of likely N-dealkylation sites (tertiary alicyclic amines) is 1. The SMILES string of the molecule is CCN1C(=O)[C@H](c2ccccc2)[C@@H]1c1ccccc1. The van der Waals surface area contributed by atoms with Crippen LogP contribution in [-0.4, -0.2) is 17.4 Å². The van der Waals surface area contributed by atoms with Crippen LogP contribution in [0.4, 0.5) is 0 Å². The Morgan fingerprint density at radius 3 is 1.95 bits per heavy atom. The molecular weight excluding hydrogens is 234 g/mol. The fourth-order valence-electron chi connectivity index (χ4n) is 2.91. The number of benzene rings is 2. The average molecular weight is 251 g/mol. The molecule has 0 bridgehead atoms. The minimum atomic E-state index is -0.0245. The molecule has 1 heterocycles. The van der Waals surface area contributed by atoms with Gasteiger partial charge >= 0.3 is 0 Å². The van der Waals surface area contributed by atoms with Crippen molar-refractivity contribution in [3.8, 4) is 0 Å². The van der Waals surface area contributed by atoms with Gasteiger partial charge in [-0.1, -0.05) is 60.7 Å². The molecule has 1 amide bonds. The molecule has 2 aromatic carbocycles. The molecule has 2 aromatic rings. The molecule has 2 atom stereocenters. The van der Waals surface area contributed by atoms with E-state index >= 15 is 0 Å². The Morgan fingerprint density at radius 1 is 0.895 bits per heavy atom. The number of nitrogens with zero attached hydrogens (tertiary/aromatic N) is 1. The minimum absolute atomic E-state index is 0.0245. The molecule has 1 saturated heterocycles. The fourth-order valence-corrected chi connectivity index (χ4v) is 2.91. The van der Waals surface area contributed by atoms with Gasteiger partial charge in [-0.3, -0.25) is 4.79 Å². The number of hydrogen-bond donors (Lipinski definition) is 0. The summed E-state index contributed by atoms with van der Waals surface area (Å²) < 4.78 is 0. The van der Waals surface area contributed by atoms with Crippen LogP contribution in [0.2, 0.25) is 0 Å². The van der Waals surface area contributed by atoms with Crippen LogP contribution in [0.5, 0.6) is 0 Å². The van der Waals surface area contributed by atoms with E-state index in [1.54, 1.807) is 0 Å². The number of β-lactam (4-membered cyclic amide) rings is 1. The maximum Gasteiger partial charge on any atom is 0.233 e. The number of likely N-dealkylation sites (N-methyl/N-ethyl adjacent to an activating group) is 1. The van der Waals surface area contributed by atoms with E-state index in [2.05, 4.69) is 12.1 Å². The summed E-state index contributed by atoms with van der Waals surface area (Å²) in [5.74, 6) is 0.214. The van der Waals surface area contributed by atoms with Gasteiger partial charge in [-0.15, -0.1) is 0 Å². The van der Waals surface area contributed by atoms with Gasteiger partial charge in [0.2, 0.25) is 5.91 Å². The smallest absolute Gasteiger partial charge is 0.233 e. The Bertz CT molecular complexity index is 564. The highest BCUT2D eigenvalue weighted by Crippen LogP contribution is 2.45. The number of carbonyl (C=O) groups excluding carboxylic acids is 1. The van der Waals surface area contributed by atoms with E-state index < -0.39 is 0 Å². The van der Waals surface area contributed by atoms with Gasteiger partial charge in [0, 0.05) is 6.54 Å². The Balaban J connectivity index is 1.98. The maximum atomic E-state index is 12.3. The van der Waals surface area contributed by atoms with Crippen LogP contribution in [-0.2, 0) is 4.79 Å². The first kappa shape index (κ1) is 12.0. The van der Waals surface area contributed by atoms with Crippen molar-refractivity contribution in [1.29, 1.82) is 0 Å². The highest BCUT2D eigenvalue weighted by Gasteiger charge is 2.47. The summed E-state index contributed by atoms with van der Waals surface area (Å²) in [5.41, 5.74) is 2.34. The quantitative estimate of drug-likeness (QED) is 0.766. The molecule has 0 aromatic heterocycles. The Labute approximate surface area is 113 Å². The van der Waals surface area contributed by atoms with Gasteiger partial charge in [0.1, 0.15) is 0 Å². The lowest BCUT2D eigenvalue weighted by Gasteiger charge is -2.47. The van der Waals surface area contributed by atoms with E-state index in [0.29, 0.717) is 0 Å². The molecule has 19 heavy (non-hydrogen) atoms. The molecule has 1 aliphatic rings. The number of hydrogen-bond acceptors (Lipinski definition) is 1. The van der Waals surface area contributed by atoms with Gasteiger partial charge in [-0.25, -0.2) is 0 Å². The molecule has 2 nitrogen and oxygen atoms in total. The molecular formula is C17H17NO. The van der Waals surface area contributed by atoms with Crippen molar-refractivity contribution in [3.05, 3.63) is 71.8 Å². The molecule has 3 rings (SSSR count). The molecule has 1 fully saturated rings. The van der Waals surface area contributed by atoms with Crippen molar-refractivity contribution in [2.24, 2.45) is 0 Å². The standard InChI is InChI=1S/C17H17NO/c1-2-18-16(14-11-7-4-8-12-14)15(17(18)19)13-9-5-3-6-10-13/h3-12,15-16H,2H2,1H3/t15-,16+/m1/s1. The van der Waals surface area contributed by atoms with Crippen LogP contribution in [0.25, 0.3) is 0 Å². The normalized spacial score (nSPS) is 22.2. The molecule has 0 N–H and O–H groups in total. The largest absolute Gasteiger partial charge is 0.334 e. The van der Waals surface area contributed by atoms with Crippen molar-refractivity contribution in [2.45, 2.75) is 18.9 Å². The predicted octanol–water partition coefficient (Wildman–Crippen LogP) is 3.37. The van der Waals surface area contributed by atoms with Crippen molar-refractivity contribution in [2.75, 3.05) is 6.54 Å². The topological polar surface area (TPSA) is 20.3 Å². The first-order chi connectivity index (χ1) is 9.33. The number of rotatable bonds is 3. The van der Waals surface area contributed by atoms with Crippen molar-refractivity contribution >= 4 is 5.91 Å². The van der Waals surface area contributed by atoms with Gasteiger partial charge in [0.15, 0.2) is 0 Å². The van der Waals surface area contributed by atoms with Crippen LogP contribution in [0.15, 0.2) is 60.7 Å². The highest BCUT2D eigenvalue weighted by atomic mass is 16.2. The summed E-state index contributed by atoms with van der Waals surface area (Å²) in [4.78, 5) is 14.3. The summed E-state index contributed by atoms with van der Waals surface area (Å²) in [7, 11) is 0. The van der Waals surface area contributed by atoms with Crippen molar-refractivity contribution in [3.63, 3.8) is 0 Å². The van der Waals surface area contributed by atoms with Crippen LogP contribution in [0.3, 0.4) is 0 Å². The monoisotopic (exact) mass is 251 g/mol. The van der Waals surface area contributed by atoms with Gasteiger partial charge in [0.25, 0.3) is 0 Å². The van der Waals surface area contributed by atoms with Crippen LogP contribution in [0.1, 0.15) is 30.0 Å². The summed E-state index contributed by atoms with van der Waals surface area (Å²) in [6.45, 7) is 2.80. The molecule has 0 saturated carbocycles. The van der Waals surface area contributed by atoms with Gasteiger partial charge in [-0.2, -0.15) is 0 Å². The Morgan fingerprint density at radius 2 is 1.42 bits per heavy atom. The van der Waals surface area contributed by atoms with Crippen LogP contribution < -0.4 is 0 Å². The van der Waals surface area contributed by atoms with Crippen molar-refractivity contribution in [1.82, 2.24) is 4.90 Å². The third kappa shape index (κ3) is 1.93. The summed E-state index contributed by atoms with van der Waals surface area (Å²) in [5, 5.41) is 0. The highest BCUT2D eigenvalue weighted by molar-refractivity contribution is 5.91. The van der Waals surface area contributed by atoms with Crippen LogP contribution >= 0.6 is 0 Å². The maximum absolute atomic E-state index is 12.3. The predicted molar refractivity (Wildman–Crippen MR) is 75.8 cm³/mol. The van der Waals surface area contributed by atoms with Gasteiger partial charge in [0.05, 0.1) is 12.0 Å². The van der Waals surface area contributed by atoms with Gasteiger partial charge < -0.3 is 4.90 Å². The zero-order chi connectivity index (χ0) is 13.2. The number of carbonyl (C=O) groups is 1. The van der Waals surface area contributed by atoms with Crippen molar-refractivity contribution < 1.29 is 4.79 Å². The molecule has 0 radical (unpaired) electrons. The summed E-state index contributed by atoms with van der Waals surface area (Å²) in [6, 6.07) is 20.6. The van der Waals surface area contributed by atoms with E-state index in [0.717, 1.165) is 12.1 Å². The van der Waals surface area contributed by atoms with Crippen LogP contribution in [0, 0.1) is 0 Å². The van der Waals surface area contributed by atoms with E-state index in [4.69, 9.17) is 0 Å². The third-order valence-corrected chi connectivity index (χ3v) is 3.84. The average Bonchev–Trinajstić information content (AvgIpc) is 2.47. The van der Waals surface area contributed by atoms with E-state index in [1.807, 2.05) is 60.4 Å². The van der Waals surface area contributed by atoms with Gasteiger partial charge in [-0.05, 0) is 18.1 Å². The zero-order valence-electron chi connectivity index (χ0n) is 11.0. The second-order valence-corrected chi connectivity index (χ2v) is 4.87. The second kappa shape index (κ2) is 4.88. The number of amides is 1. The molecule has 1 aliphatic heterocycles.